The number of carbonyl (C=O) groups excluding carboxylic acids is 2. The monoisotopic (exact) mass is 515 g/mol. The molecule has 2 aromatic carbocycles. The molecule has 10 heteroatoms. The Morgan fingerprint density at radius 2 is 1.62 bits per heavy atom. The van der Waals surface area contributed by atoms with Crippen LogP contribution in [-0.4, -0.2) is 91.2 Å². The third-order valence-corrected chi connectivity index (χ3v) is 7.08. The van der Waals surface area contributed by atoms with E-state index in [2.05, 4.69) is 24.8 Å². The molecule has 2 amide bonds. The zero-order chi connectivity index (χ0) is 27.3. The highest BCUT2D eigenvalue weighted by molar-refractivity contribution is 5.91. The number of amides is 2. The molecule has 10 nitrogen and oxygen atoms in total. The predicted molar refractivity (Wildman–Crippen MR) is 142 cm³/mol. The van der Waals surface area contributed by atoms with Gasteiger partial charge in [-0.1, -0.05) is 13.8 Å². The summed E-state index contributed by atoms with van der Waals surface area (Å²) in [7, 11) is 3.91. The SMILES string of the molecule is CC1(C)Cc2cc(NO)ccc2C(=O)[N+](C)(C)C1.NCC[N+]1(C(=O)c2ccc(NO)cc2)CCOCC1. The number of hydrogen-bond acceptors (Lipinski definition) is 8. The predicted octanol–water partition coefficient (Wildman–Crippen LogP) is 2.72. The van der Waals surface area contributed by atoms with Gasteiger partial charge in [-0.3, -0.25) is 30.3 Å². The Kier molecular flexibility index (Phi) is 9.06. The first-order valence-corrected chi connectivity index (χ1v) is 12.6. The summed E-state index contributed by atoms with van der Waals surface area (Å²) in [6, 6.07) is 12.2. The topological polar surface area (TPSA) is 134 Å². The number of nitrogens with zero attached hydrogens (tertiary/aromatic N) is 2. The lowest BCUT2D eigenvalue weighted by molar-refractivity contribution is -0.856. The van der Waals surface area contributed by atoms with Gasteiger partial charge >= 0.3 is 11.8 Å². The number of nitrogens with one attached hydrogen (secondary N) is 2. The van der Waals surface area contributed by atoms with Crippen molar-refractivity contribution in [3.8, 4) is 0 Å². The molecule has 2 aliphatic heterocycles. The van der Waals surface area contributed by atoms with Gasteiger partial charge in [0.2, 0.25) is 0 Å². The van der Waals surface area contributed by atoms with Crippen molar-refractivity contribution in [2.24, 2.45) is 11.1 Å². The van der Waals surface area contributed by atoms with Crippen LogP contribution in [0.3, 0.4) is 0 Å². The molecule has 0 unspecified atom stereocenters. The van der Waals surface area contributed by atoms with Gasteiger partial charge in [-0.25, -0.2) is 9.59 Å². The molecule has 2 heterocycles. The molecule has 1 saturated heterocycles. The van der Waals surface area contributed by atoms with E-state index in [4.69, 9.17) is 20.9 Å². The molecule has 202 valence electrons. The van der Waals surface area contributed by atoms with Crippen LogP contribution in [0.1, 0.15) is 40.1 Å². The minimum atomic E-state index is 0.0541. The lowest BCUT2D eigenvalue weighted by Gasteiger charge is -2.38. The zero-order valence-corrected chi connectivity index (χ0v) is 22.3. The summed E-state index contributed by atoms with van der Waals surface area (Å²) in [5, 5.41) is 17.7. The van der Waals surface area contributed by atoms with Gasteiger partial charge in [-0.05, 0) is 54.4 Å². The van der Waals surface area contributed by atoms with Crippen LogP contribution in [0, 0.1) is 5.41 Å². The minimum absolute atomic E-state index is 0.0541. The van der Waals surface area contributed by atoms with Gasteiger partial charge < -0.3 is 10.5 Å². The lowest BCUT2D eigenvalue weighted by Crippen LogP contribution is -2.60. The van der Waals surface area contributed by atoms with Crippen molar-refractivity contribution in [3.63, 3.8) is 0 Å². The number of benzene rings is 2. The molecule has 0 bridgehead atoms. The molecule has 0 aliphatic carbocycles. The van der Waals surface area contributed by atoms with Crippen LogP contribution in [0.2, 0.25) is 0 Å². The lowest BCUT2D eigenvalue weighted by atomic mass is 9.85. The summed E-state index contributed by atoms with van der Waals surface area (Å²) in [6.07, 6.45) is 0.839. The molecule has 2 aromatic rings. The van der Waals surface area contributed by atoms with E-state index in [0.29, 0.717) is 65.3 Å². The smallest absolute Gasteiger partial charge is 0.346 e. The Bertz CT molecular complexity index is 1090. The van der Waals surface area contributed by atoms with E-state index < -0.39 is 0 Å². The first-order valence-electron chi connectivity index (χ1n) is 12.6. The molecule has 6 N–H and O–H groups in total. The molecule has 0 saturated carbocycles. The highest BCUT2D eigenvalue weighted by Gasteiger charge is 2.41. The fourth-order valence-electron chi connectivity index (χ4n) is 5.49. The van der Waals surface area contributed by atoms with Crippen LogP contribution in [0.25, 0.3) is 0 Å². The van der Waals surface area contributed by atoms with Crippen molar-refractivity contribution in [2.45, 2.75) is 20.3 Å². The van der Waals surface area contributed by atoms with Gasteiger partial charge in [0.25, 0.3) is 0 Å². The third kappa shape index (κ3) is 6.72. The summed E-state index contributed by atoms with van der Waals surface area (Å²) in [6.45, 7) is 8.76. The van der Waals surface area contributed by atoms with E-state index in [9.17, 15) is 9.59 Å². The third-order valence-electron chi connectivity index (χ3n) is 7.08. The second-order valence-electron chi connectivity index (χ2n) is 11.2. The van der Waals surface area contributed by atoms with Gasteiger partial charge in [0.05, 0.1) is 62.9 Å². The largest absolute Gasteiger partial charge is 0.370 e. The number of ether oxygens (including phenoxy) is 1. The minimum Gasteiger partial charge on any atom is -0.370 e. The maximum absolute atomic E-state index is 12.7. The first-order chi connectivity index (χ1) is 17.5. The van der Waals surface area contributed by atoms with E-state index in [1.165, 1.54) is 0 Å². The van der Waals surface area contributed by atoms with Gasteiger partial charge in [-0.2, -0.15) is 0 Å². The summed E-state index contributed by atoms with van der Waals surface area (Å²) < 4.78 is 6.06. The standard InChI is InChI=1S/C14H20N2O2.C13H19N3O3/c1-14(2)8-10-7-11(15-18)5-6-12(10)13(17)16(3,4)9-14;14-5-6-16(7-9-19-10-8-16)13(17)11-1-3-12(15-18)4-2-11/h5-7H,8-9H2,1-4H3,(H-,15,17,18);1-4H,5-10,14H2,(H-,15,17,18)/p+2. The molecule has 0 aromatic heterocycles. The number of nitrogens with two attached hydrogens (primary N) is 1. The number of morpholine rings is 1. The second kappa shape index (κ2) is 11.7. The molecule has 4 rings (SSSR count). The average molecular weight is 516 g/mol. The van der Waals surface area contributed by atoms with Crippen LogP contribution < -0.4 is 16.7 Å². The van der Waals surface area contributed by atoms with Crippen LogP contribution in [0.15, 0.2) is 42.5 Å². The average Bonchev–Trinajstić information content (AvgIpc) is 2.94. The number of hydrogen-bond donors (Lipinski definition) is 5. The van der Waals surface area contributed by atoms with E-state index in [0.717, 1.165) is 24.1 Å². The Morgan fingerprint density at radius 1 is 1.03 bits per heavy atom. The van der Waals surface area contributed by atoms with Crippen LogP contribution >= 0.6 is 0 Å². The van der Waals surface area contributed by atoms with Gasteiger partial charge in [0.1, 0.15) is 13.1 Å². The van der Waals surface area contributed by atoms with Crippen LogP contribution in [0.4, 0.5) is 11.4 Å². The molecule has 1 fully saturated rings. The fourth-order valence-corrected chi connectivity index (χ4v) is 5.49. The highest BCUT2D eigenvalue weighted by Crippen LogP contribution is 2.33. The number of quaternary nitrogens is 2. The number of rotatable bonds is 5. The van der Waals surface area contributed by atoms with Crippen molar-refractivity contribution in [3.05, 3.63) is 59.2 Å². The summed E-state index contributed by atoms with van der Waals surface area (Å²) >= 11 is 0. The first kappa shape index (κ1) is 28.7. The summed E-state index contributed by atoms with van der Waals surface area (Å²) in [5.41, 5.74) is 13.5. The Morgan fingerprint density at radius 3 is 2.19 bits per heavy atom. The van der Waals surface area contributed by atoms with Gasteiger partial charge in [0, 0.05) is 12.0 Å². The molecule has 0 atom stereocenters. The Hall–Kier alpha value is -2.86. The number of fused-ring (bicyclic) bond motifs is 1. The molecular formula is C27H41N5O5+2. The van der Waals surface area contributed by atoms with Crippen molar-refractivity contribution in [2.75, 3.05) is 71.0 Å². The van der Waals surface area contributed by atoms with Gasteiger partial charge in [0.15, 0.2) is 0 Å². The second-order valence-corrected chi connectivity index (χ2v) is 11.2. The normalized spacial score (nSPS) is 19.5. The fraction of sp³-hybridized carbons (Fsp3) is 0.481. The Labute approximate surface area is 218 Å². The Balaban J connectivity index is 0.000000206. The summed E-state index contributed by atoms with van der Waals surface area (Å²) in [5.74, 6) is 0.207. The molecule has 37 heavy (non-hydrogen) atoms. The van der Waals surface area contributed by atoms with E-state index in [-0.39, 0.29) is 17.2 Å². The summed E-state index contributed by atoms with van der Waals surface area (Å²) in [4.78, 5) is 25.2. The molecule has 0 radical (unpaired) electrons. The van der Waals surface area contributed by atoms with E-state index >= 15 is 0 Å². The molecular weight excluding hydrogens is 474 g/mol. The van der Waals surface area contributed by atoms with Crippen molar-refractivity contribution < 1.29 is 33.7 Å². The van der Waals surface area contributed by atoms with Crippen LogP contribution in [0.5, 0.6) is 0 Å². The number of anilines is 2. The highest BCUT2D eigenvalue weighted by atomic mass is 16.5. The van der Waals surface area contributed by atoms with Crippen molar-refractivity contribution in [1.29, 1.82) is 0 Å². The maximum atomic E-state index is 12.7. The van der Waals surface area contributed by atoms with E-state index in [1.807, 2.05) is 20.2 Å². The molecule has 2 aliphatic rings. The maximum Gasteiger partial charge on any atom is 0.346 e. The van der Waals surface area contributed by atoms with Crippen molar-refractivity contribution in [1.82, 2.24) is 0 Å². The number of carbonyl (C=O) groups is 2. The van der Waals surface area contributed by atoms with Gasteiger partial charge in [-0.15, -0.1) is 0 Å². The van der Waals surface area contributed by atoms with Crippen molar-refractivity contribution >= 4 is 23.2 Å². The zero-order valence-electron chi connectivity index (χ0n) is 22.3. The van der Waals surface area contributed by atoms with E-state index in [1.54, 1.807) is 36.4 Å². The van der Waals surface area contributed by atoms with Crippen LogP contribution in [-0.2, 0) is 11.2 Å². The molecule has 0 spiro atoms. The quantitative estimate of drug-likeness (QED) is 0.303.